The highest BCUT2D eigenvalue weighted by molar-refractivity contribution is 7.07. The molecule has 5 heteroatoms. The molecule has 0 atom stereocenters. The van der Waals surface area contributed by atoms with Crippen molar-refractivity contribution < 1.29 is 9.47 Å². The topological polar surface area (TPSA) is 43.4 Å². The second-order valence-electron chi connectivity index (χ2n) is 5.00. The van der Waals surface area contributed by atoms with Crippen molar-refractivity contribution in [1.82, 2.24) is 10.3 Å². The fourth-order valence-corrected chi connectivity index (χ4v) is 2.77. The molecule has 4 nitrogen and oxygen atoms in total. The van der Waals surface area contributed by atoms with Crippen molar-refractivity contribution in [3.8, 4) is 5.75 Å². The van der Waals surface area contributed by atoms with Crippen LogP contribution in [0.4, 0.5) is 0 Å². The van der Waals surface area contributed by atoms with Gasteiger partial charge in [-0.05, 0) is 30.5 Å². The highest BCUT2D eigenvalue weighted by atomic mass is 32.1. The van der Waals surface area contributed by atoms with Gasteiger partial charge >= 0.3 is 0 Å². The molecule has 2 aromatic rings. The fourth-order valence-electron chi connectivity index (χ4n) is 2.23. The van der Waals surface area contributed by atoms with Gasteiger partial charge in [-0.15, -0.1) is 11.3 Å². The number of hydrogen-bond donors (Lipinski definition) is 1. The molecule has 1 aromatic carbocycles. The first-order valence-electron chi connectivity index (χ1n) is 7.00. The van der Waals surface area contributed by atoms with E-state index >= 15 is 0 Å². The first-order valence-corrected chi connectivity index (χ1v) is 7.94. The van der Waals surface area contributed by atoms with Gasteiger partial charge in [0.15, 0.2) is 0 Å². The van der Waals surface area contributed by atoms with E-state index in [9.17, 15) is 0 Å². The van der Waals surface area contributed by atoms with E-state index in [0.29, 0.717) is 6.61 Å². The van der Waals surface area contributed by atoms with E-state index in [2.05, 4.69) is 36.3 Å². The lowest BCUT2D eigenvalue weighted by Gasteiger charge is -2.14. The molecule has 2 rings (SSSR count). The summed E-state index contributed by atoms with van der Waals surface area (Å²) < 4.78 is 10.9. The van der Waals surface area contributed by atoms with Crippen LogP contribution in [0.1, 0.15) is 22.4 Å². The van der Waals surface area contributed by atoms with Crippen LogP contribution in [0.2, 0.25) is 0 Å². The molecule has 1 aromatic heterocycles. The molecule has 0 saturated carbocycles. The van der Waals surface area contributed by atoms with E-state index in [4.69, 9.17) is 9.47 Å². The second kappa shape index (κ2) is 8.12. The van der Waals surface area contributed by atoms with Gasteiger partial charge in [0.1, 0.15) is 12.4 Å². The average molecular weight is 306 g/mol. The summed E-state index contributed by atoms with van der Waals surface area (Å²) in [5, 5.41) is 5.37. The van der Waals surface area contributed by atoms with E-state index < -0.39 is 0 Å². The Kier molecular flexibility index (Phi) is 6.17. The largest absolute Gasteiger partial charge is 0.487 e. The van der Waals surface area contributed by atoms with Crippen LogP contribution in [0.15, 0.2) is 23.0 Å². The smallest absolute Gasteiger partial charge is 0.131 e. The summed E-state index contributed by atoms with van der Waals surface area (Å²) in [4.78, 5) is 4.24. The Morgan fingerprint density at radius 3 is 2.62 bits per heavy atom. The summed E-state index contributed by atoms with van der Waals surface area (Å²) in [6.45, 7) is 7.13. The van der Waals surface area contributed by atoms with Gasteiger partial charge in [0, 0.05) is 25.6 Å². The molecule has 0 radical (unpaired) electrons. The third-order valence-electron chi connectivity index (χ3n) is 3.18. The average Bonchev–Trinajstić information content (AvgIpc) is 2.96. The number of ether oxygens (including phenoxy) is 2. The van der Waals surface area contributed by atoms with Crippen molar-refractivity contribution in [3.63, 3.8) is 0 Å². The van der Waals surface area contributed by atoms with E-state index in [1.165, 1.54) is 5.56 Å². The summed E-state index contributed by atoms with van der Waals surface area (Å²) in [5.41, 5.74) is 6.39. The van der Waals surface area contributed by atoms with Crippen LogP contribution in [0.3, 0.4) is 0 Å². The monoisotopic (exact) mass is 306 g/mol. The maximum absolute atomic E-state index is 5.91. The Hall–Kier alpha value is -1.43. The number of rotatable bonds is 8. The summed E-state index contributed by atoms with van der Waals surface area (Å²) >= 11 is 1.59. The molecule has 0 spiro atoms. The number of methoxy groups -OCH3 is 1. The van der Waals surface area contributed by atoms with Crippen molar-refractivity contribution >= 4 is 11.3 Å². The first kappa shape index (κ1) is 15.9. The quantitative estimate of drug-likeness (QED) is 0.761. The number of aryl methyl sites for hydroxylation is 2. The molecule has 114 valence electrons. The minimum atomic E-state index is 0.524. The molecular weight excluding hydrogens is 284 g/mol. The SMILES string of the molecule is COCCNCc1cc(C)c(OCc2cscn2)c(C)c1. The fraction of sp³-hybridized carbons (Fsp3) is 0.438. The predicted octanol–water partition coefficient (Wildman–Crippen LogP) is 3.07. The molecular formula is C16H22N2O2S. The summed E-state index contributed by atoms with van der Waals surface area (Å²) in [7, 11) is 1.71. The van der Waals surface area contributed by atoms with Crippen molar-refractivity contribution in [2.24, 2.45) is 0 Å². The van der Waals surface area contributed by atoms with Crippen molar-refractivity contribution in [1.29, 1.82) is 0 Å². The Labute approximate surface area is 130 Å². The molecule has 0 amide bonds. The van der Waals surface area contributed by atoms with Gasteiger partial charge in [-0.25, -0.2) is 4.98 Å². The molecule has 0 fully saturated rings. The van der Waals surface area contributed by atoms with E-state index in [1.807, 2.05) is 10.9 Å². The first-order chi connectivity index (χ1) is 10.2. The lowest BCUT2D eigenvalue weighted by atomic mass is 10.1. The number of thiazole rings is 1. The Balaban J connectivity index is 1.96. The number of nitrogens with one attached hydrogen (secondary N) is 1. The van der Waals surface area contributed by atoms with Gasteiger partial charge in [-0.2, -0.15) is 0 Å². The van der Waals surface area contributed by atoms with Crippen molar-refractivity contribution in [3.05, 3.63) is 45.4 Å². The zero-order valence-corrected chi connectivity index (χ0v) is 13.6. The van der Waals surface area contributed by atoms with Gasteiger partial charge in [0.2, 0.25) is 0 Å². The van der Waals surface area contributed by atoms with Crippen LogP contribution in [0.5, 0.6) is 5.75 Å². The van der Waals surface area contributed by atoms with Crippen LogP contribution < -0.4 is 10.1 Å². The zero-order valence-electron chi connectivity index (χ0n) is 12.8. The molecule has 0 bridgehead atoms. The molecule has 0 unspecified atom stereocenters. The Morgan fingerprint density at radius 2 is 2.00 bits per heavy atom. The van der Waals surface area contributed by atoms with Gasteiger partial charge in [-0.1, -0.05) is 12.1 Å². The van der Waals surface area contributed by atoms with E-state index in [1.54, 1.807) is 18.4 Å². The highest BCUT2D eigenvalue weighted by Gasteiger charge is 2.07. The predicted molar refractivity (Wildman–Crippen MR) is 85.9 cm³/mol. The number of aromatic nitrogens is 1. The zero-order chi connectivity index (χ0) is 15.1. The minimum absolute atomic E-state index is 0.524. The second-order valence-corrected chi connectivity index (χ2v) is 5.72. The molecule has 1 N–H and O–H groups in total. The van der Waals surface area contributed by atoms with Crippen LogP contribution in [0.25, 0.3) is 0 Å². The lowest BCUT2D eigenvalue weighted by molar-refractivity contribution is 0.199. The highest BCUT2D eigenvalue weighted by Crippen LogP contribution is 2.25. The molecule has 0 aliphatic carbocycles. The van der Waals surface area contributed by atoms with E-state index in [-0.39, 0.29) is 0 Å². The van der Waals surface area contributed by atoms with Gasteiger partial charge in [0.05, 0.1) is 17.8 Å². The van der Waals surface area contributed by atoms with Crippen molar-refractivity contribution in [2.45, 2.75) is 27.0 Å². The third-order valence-corrected chi connectivity index (χ3v) is 3.82. The molecule has 1 heterocycles. The van der Waals surface area contributed by atoms with E-state index in [0.717, 1.165) is 42.3 Å². The van der Waals surface area contributed by atoms with Gasteiger partial charge in [0.25, 0.3) is 0 Å². The van der Waals surface area contributed by atoms with Crippen LogP contribution in [-0.4, -0.2) is 25.2 Å². The maximum Gasteiger partial charge on any atom is 0.131 e. The number of nitrogens with zero attached hydrogens (tertiary/aromatic N) is 1. The number of benzene rings is 1. The van der Waals surface area contributed by atoms with Gasteiger partial charge in [-0.3, -0.25) is 0 Å². The normalized spacial score (nSPS) is 10.8. The number of hydrogen-bond acceptors (Lipinski definition) is 5. The van der Waals surface area contributed by atoms with Crippen LogP contribution in [0, 0.1) is 13.8 Å². The van der Waals surface area contributed by atoms with Gasteiger partial charge < -0.3 is 14.8 Å². The molecule has 0 aliphatic heterocycles. The Bertz CT molecular complexity index is 532. The summed E-state index contributed by atoms with van der Waals surface area (Å²) in [6.07, 6.45) is 0. The lowest BCUT2D eigenvalue weighted by Crippen LogP contribution is -2.18. The molecule has 0 aliphatic rings. The standard InChI is InChI=1S/C16H22N2O2S/c1-12-6-14(8-17-4-5-19-3)7-13(2)16(12)20-9-15-10-21-11-18-15/h6-7,10-11,17H,4-5,8-9H2,1-3H3. The Morgan fingerprint density at radius 1 is 1.24 bits per heavy atom. The summed E-state index contributed by atoms with van der Waals surface area (Å²) in [5.74, 6) is 0.962. The maximum atomic E-state index is 5.91. The molecule has 21 heavy (non-hydrogen) atoms. The molecule has 0 saturated heterocycles. The van der Waals surface area contributed by atoms with Crippen LogP contribution in [-0.2, 0) is 17.9 Å². The van der Waals surface area contributed by atoms with Crippen molar-refractivity contribution in [2.75, 3.05) is 20.3 Å². The van der Waals surface area contributed by atoms with Crippen LogP contribution >= 0.6 is 11.3 Å². The third kappa shape index (κ3) is 4.81. The minimum Gasteiger partial charge on any atom is -0.487 e. The summed E-state index contributed by atoms with van der Waals surface area (Å²) in [6, 6.07) is 4.34.